The molecule has 21 heavy (non-hydrogen) atoms. The van der Waals surface area contributed by atoms with E-state index in [1.165, 1.54) is 18.2 Å². The molecule has 0 radical (unpaired) electrons. The van der Waals surface area contributed by atoms with Gasteiger partial charge in [-0.15, -0.1) is 0 Å². The molecule has 0 amide bonds. The van der Waals surface area contributed by atoms with Gasteiger partial charge < -0.3 is 15.2 Å². The van der Waals surface area contributed by atoms with Crippen LogP contribution in [-0.4, -0.2) is 12.8 Å². The van der Waals surface area contributed by atoms with E-state index in [1.807, 2.05) is 19.1 Å². The largest absolute Gasteiger partial charge is 0.484 e. The molecule has 2 aromatic rings. The maximum atomic E-state index is 12.2. The fraction of sp³-hybridized carbons (Fsp3) is 0.200. The predicted octanol–water partition coefficient (Wildman–Crippen LogP) is 4.31. The Bertz CT molecular complexity index is 627. The number of alkyl halides is 3. The SMILES string of the molecule is Cc1ccccc1Oc1cc(N)cc(OCC(F)(F)F)c1. The smallest absolute Gasteiger partial charge is 0.422 e. The molecule has 0 saturated heterocycles. The van der Waals surface area contributed by atoms with Crippen molar-refractivity contribution in [2.45, 2.75) is 13.1 Å². The molecule has 0 atom stereocenters. The number of ether oxygens (including phenoxy) is 2. The molecule has 2 aromatic carbocycles. The summed E-state index contributed by atoms with van der Waals surface area (Å²) in [5.74, 6) is 0.933. The van der Waals surface area contributed by atoms with Gasteiger partial charge in [0.1, 0.15) is 17.2 Å². The zero-order valence-electron chi connectivity index (χ0n) is 11.3. The maximum absolute atomic E-state index is 12.2. The van der Waals surface area contributed by atoms with Gasteiger partial charge in [-0.1, -0.05) is 18.2 Å². The fourth-order valence-corrected chi connectivity index (χ4v) is 1.70. The van der Waals surface area contributed by atoms with Crippen molar-refractivity contribution in [1.29, 1.82) is 0 Å². The van der Waals surface area contributed by atoms with E-state index < -0.39 is 12.8 Å². The molecule has 0 heterocycles. The van der Waals surface area contributed by atoms with Crippen LogP contribution in [0.3, 0.4) is 0 Å². The van der Waals surface area contributed by atoms with Crippen LogP contribution in [0.1, 0.15) is 5.56 Å². The highest BCUT2D eigenvalue weighted by molar-refractivity contribution is 5.51. The Hall–Kier alpha value is -2.37. The number of anilines is 1. The Morgan fingerprint density at radius 1 is 1.05 bits per heavy atom. The minimum atomic E-state index is -4.40. The second-order valence-electron chi connectivity index (χ2n) is 4.51. The number of hydrogen-bond donors (Lipinski definition) is 1. The average Bonchev–Trinajstić information content (AvgIpc) is 2.38. The Morgan fingerprint density at radius 2 is 1.71 bits per heavy atom. The van der Waals surface area contributed by atoms with E-state index >= 15 is 0 Å². The molecule has 2 rings (SSSR count). The molecular weight excluding hydrogens is 283 g/mol. The van der Waals surface area contributed by atoms with Gasteiger partial charge in [-0.2, -0.15) is 13.2 Å². The Morgan fingerprint density at radius 3 is 2.38 bits per heavy atom. The van der Waals surface area contributed by atoms with Crippen LogP contribution in [0.5, 0.6) is 17.2 Å². The lowest BCUT2D eigenvalue weighted by Crippen LogP contribution is -2.19. The number of rotatable bonds is 4. The first-order valence-corrected chi connectivity index (χ1v) is 6.17. The van der Waals surface area contributed by atoms with E-state index in [-0.39, 0.29) is 11.4 Å². The minimum absolute atomic E-state index is 0.0101. The minimum Gasteiger partial charge on any atom is -0.484 e. The first-order chi connectivity index (χ1) is 9.83. The van der Waals surface area contributed by atoms with Gasteiger partial charge in [-0.05, 0) is 18.6 Å². The number of nitrogen functional groups attached to an aromatic ring is 1. The van der Waals surface area contributed by atoms with Crippen LogP contribution in [0.15, 0.2) is 42.5 Å². The highest BCUT2D eigenvalue weighted by Gasteiger charge is 2.28. The van der Waals surface area contributed by atoms with Crippen molar-refractivity contribution in [3.63, 3.8) is 0 Å². The summed E-state index contributed by atoms with van der Waals surface area (Å²) in [6.07, 6.45) is -4.40. The number of halogens is 3. The van der Waals surface area contributed by atoms with Crippen LogP contribution in [0, 0.1) is 6.92 Å². The highest BCUT2D eigenvalue weighted by atomic mass is 19.4. The number of para-hydroxylation sites is 1. The summed E-state index contributed by atoms with van der Waals surface area (Å²) in [7, 11) is 0. The van der Waals surface area contributed by atoms with E-state index in [9.17, 15) is 13.2 Å². The van der Waals surface area contributed by atoms with Crippen molar-refractivity contribution >= 4 is 5.69 Å². The van der Waals surface area contributed by atoms with Crippen molar-refractivity contribution in [3.05, 3.63) is 48.0 Å². The van der Waals surface area contributed by atoms with Crippen molar-refractivity contribution in [2.24, 2.45) is 0 Å². The van der Waals surface area contributed by atoms with E-state index in [0.717, 1.165) is 5.56 Å². The second kappa shape index (κ2) is 5.95. The first kappa shape index (κ1) is 15.0. The molecule has 2 N–H and O–H groups in total. The van der Waals surface area contributed by atoms with Gasteiger partial charge in [-0.25, -0.2) is 0 Å². The predicted molar refractivity (Wildman–Crippen MR) is 73.7 cm³/mol. The van der Waals surface area contributed by atoms with E-state index in [4.69, 9.17) is 10.5 Å². The Balaban J connectivity index is 2.17. The van der Waals surface area contributed by atoms with Crippen LogP contribution >= 0.6 is 0 Å². The summed E-state index contributed by atoms with van der Waals surface area (Å²) in [4.78, 5) is 0. The molecular formula is C15H14F3NO2. The van der Waals surface area contributed by atoms with Crippen LogP contribution in [0.2, 0.25) is 0 Å². The molecule has 0 fully saturated rings. The van der Waals surface area contributed by atoms with Crippen LogP contribution in [0.25, 0.3) is 0 Å². The van der Waals surface area contributed by atoms with Crippen LogP contribution in [0.4, 0.5) is 18.9 Å². The lowest BCUT2D eigenvalue weighted by atomic mass is 10.2. The highest BCUT2D eigenvalue weighted by Crippen LogP contribution is 2.30. The number of nitrogens with two attached hydrogens (primary N) is 1. The monoisotopic (exact) mass is 297 g/mol. The van der Waals surface area contributed by atoms with Gasteiger partial charge in [0.15, 0.2) is 6.61 Å². The Labute approximate surface area is 120 Å². The van der Waals surface area contributed by atoms with E-state index in [1.54, 1.807) is 12.1 Å². The Kier molecular flexibility index (Phi) is 4.26. The number of hydrogen-bond acceptors (Lipinski definition) is 3. The lowest BCUT2D eigenvalue weighted by Gasteiger charge is -2.13. The molecule has 0 aliphatic heterocycles. The standard InChI is InChI=1S/C15H14F3NO2/c1-10-4-2-3-5-14(10)21-13-7-11(19)6-12(8-13)20-9-15(16,17)18/h2-8H,9,19H2,1H3. The summed E-state index contributed by atoms with van der Waals surface area (Å²) in [6, 6.07) is 11.5. The molecule has 0 aliphatic rings. The van der Waals surface area contributed by atoms with E-state index in [0.29, 0.717) is 11.5 Å². The second-order valence-corrected chi connectivity index (χ2v) is 4.51. The number of aryl methyl sites for hydroxylation is 1. The van der Waals surface area contributed by atoms with Crippen molar-refractivity contribution in [1.82, 2.24) is 0 Å². The molecule has 6 heteroatoms. The molecule has 112 valence electrons. The van der Waals surface area contributed by atoms with Gasteiger partial charge in [0.25, 0.3) is 0 Å². The van der Waals surface area contributed by atoms with Gasteiger partial charge in [0, 0.05) is 23.9 Å². The first-order valence-electron chi connectivity index (χ1n) is 6.17. The van der Waals surface area contributed by atoms with Crippen molar-refractivity contribution in [2.75, 3.05) is 12.3 Å². The molecule has 0 aliphatic carbocycles. The fourth-order valence-electron chi connectivity index (χ4n) is 1.70. The third-order valence-electron chi connectivity index (χ3n) is 2.63. The summed E-state index contributed by atoms with van der Waals surface area (Å²) < 4.78 is 46.8. The summed E-state index contributed by atoms with van der Waals surface area (Å²) in [5.41, 5.74) is 6.81. The van der Waals surface area contributed by atoms with E-state index in [2.05, 4.69) is 4.74 Å². The van der Waals surface area contributed by atoms with Crippen molar-refractivity contribution < 1.29 is 22.6 Å². The topological polar surface area (TPSA) is 44.5 Å². The quantitative estimate of drug-likeness (QED) is 0.855. The zero-order valence-corrected chi connectivity index (χ0v) is 11.3. The summed E-state index contributed by atoms with van der Waals surface area (Å²) in [5, 5.41) is 0. The number of benzene rings is 2. The molecule has 0 unspecified atom stereocenters. The van der Waals surface area contributed by atoms with Crippen molar-refractivity contribution in [3.8, 4) is 17.2 Å². The zero-order chi connectivity index (χ0) is 15.5. The molecule has 3 nitrogen and oxygen atoms in total. The lowest BCUT2D eigenvalue weighted by molar-refractivity contribution is -0.153. The molecule has 0 spiro atoms. The summed E-state index contributed by atoms with van der Waals surface area (Å²) >= 11 is 0. The normalized spacial score (nSPS) is 11.2. The molecule has 0 bridgehead atoms. The third-order valence-corrected chi connectivity index (χ3v) is 2.63. The van der Waals surface area contributed by atoms with Gasteiger partial charge in [-0.3, -0.25) is 0 Å². The van der Waals surface area contributed by atoms with Crippen LogP contribution < -0.4 is 15.2 Å². The van der Waals surface area contributed by atoms with Gasteiger partial charge >= 0.3 is 6.18 Å². The summed E-state index contributed by atoms with van der Waals surface area (Å²) in [6.45, 7) is 0.489. The van der Waals surface area contributed by atoms with Gasteiger partial charge in [0.05, 0.1) is 0 Å². The van der Waals surface area contributed by atoms with Crippen LogP contribution in [-0.2, 0) is 0 Å². The maximum Gasteiger partial charge on any atom is 0.422 e. The molecule has 0 saturated carbocycles. The average molecular weight is 297 g/mol. The third kappa shape index (κ3) is 4.59. The molecule has 0 aromatic heterocycles. The van der Waals surface area contributed by atoms with Gasteiger partial charge in [0.2, 0.25) is 0 Å².